The highest BCUT2D eigenvalue weighted by Gasteiger charge is 2.13. The fourth-order valence-corrected chi connectivity index (χ4v) is 2.35. The van der Waals surface area contributed by atoms with Crippen molar-refractivity contribution in [3.05, 3.63) is 24.3 Å². The predicted molar refractivity (Wildman–Crippen MR) is 65.3 cm³/mol. The molecule has 3 N–H and O–H groups in total. The second-order valence-corrected chi connectivity index (χ2v) is 5.69. The average molecular weight is 256 g/mol. The molecular formula is C11H16N2O3S. The molecule has 1 fully saturated rings. The van der Waals surface area contributed by atoms with Gasteiger partial charge in [0.2, 0.25) is 10.0 Å². The first-order valence-corrected chi connectivity index (χ1v) is 7.07. The van der Waals surface area contributed by atoms with E-state index in [1.54, 1.807) is 12.1 Å². The summed E-state index contributed by atoms with van der Waals surface area (Å²) >= 11 is 0. The zero-order valence-electron chi connectivity index (χ0n) is 9.43. The normalized spacial score (nSPS) is 21.1. The van der Waals surface area contributed by atoms with E-state index in [4.69, 9.17) is 9.88 Å². The summed E-state index contributed by atoms with van der Waals surface area (Å²) in [5.41, 5.74) is 0.882. The van der Waals surface area contributed by atoms with Gasteiger partial charge in [-0.2, -0.15) is 0 Å². The van der Waals surface area contributed by atoms with Gasteiger partial charge in [-0.05, 0) is 37.1 Å². The van der Waals surface area contributed by atoms with E-state index in [0.29, 0.717) is 12.6 Å². The molecule has 0 saturated carbocycles. The van der Waals surface area contributed by atoms with Crippen LogP contribution in [0.1, 0.15) is 12.8 Å². The minimum atomic E-state index is -3.61. The summed E-state index contributed by atoms with van der Waals surface area (Å²) in [5, 5.41) is 8.32. The van der Waals surface area contributed by atoms with Crippen molar-refractivity contribution in [1.82, 2.24) is 0 Å². The Kier molecular flexibility index (Phi) is 3.66. The Labute approximate surface area is 101 Å². The average Bonchev–Trinajstić information content (AvgIpc) is 2.30. The zero-order chi connectivity index (χ0) is 12.3. The van der Waals surface area contributed by atoms with Crippen LogP contribution in [0.3, 0.4) is 0 Å². The quantitative estimate of drug-likeness (QED) is 0.842. The molecule has 5 nitrogen and oxygen atoms in total. The van der Waals surface area contributed by atoms with Crippen molar-refractivity contribution in [3.8, 4) is 0 Å². The predicted octanol–water partition coefficient (Wildman–Crippen LogP) is 0.925. The molecule has 0 radical (unpaired) electrons. The standard InChI is InChI=1S/C11H16N2O3S/c12-17(14,15)11-5-3-9(4-6-11)13-10-2-1-7-16-8-10/h3-6,10,13H,1-2,7-8H2,(H2,12,14,15). The van der Waals surface area contributed by atoms with Crippen LogP contribution in [0.25, 0.3) is 0 Å². The number of primary sulfonamides is 1. The van der Waals surface area contributed by atoms with Gasteiger partial charge in [-0.15, -0.1) is 0 Å². The molecule has 0 amide bonds. The van der Waals surface area contributed by atoms with Crippen molar-refractivity contribution < 1.29 is 13.2 Å². The van der Waals surface area contributed by atoms with Gasteiger partial charge in [-0.3, -0.25) is 0 Å². The molecule has 1 atom stereocenters. The van der Waals surface area contributed by atoms with Gasteiger partial charge in [0.05, 0.1) is 11.5 Å². The topological polar surface area (TPSA) is 81.4 Å². The third-order valence-corrected chi connectivity index (χ3v) is 3.64. The molecule has 1 heterocycles. The van der Waals surface area contributed by atoms with Gasteiger partial charge in [0.25, 0.3) is 0 Å². The Morgan fingerprint density at radius 1 is 1.29 bits per heavy atom. The van der Waals surface area contributed by atoms with Crippen LogP contribution in [-0.2, 0) is 14.8 Å². The summed E-state index contributed by atoms with van der Waals surface area (Å²) in [6, 6.07) is 6.73. The van der Waals surface area contributed by atoms with Crippen molar-refractivity contribution in [2.24, 2.45) is 5.14 Å². The lowest BCUT2D eigenvalue weighted by Crippen LogP contribution is -2.29. The third-order valence-electron chi connectivity index (χ3n) is 2.71. The molecule has 1 aromatic rings. The largest absolute Gasteiger partial charge is 0.380 e. The Balaban J connectivity index is 2.03. The Bertz CT molecular complexity index is 464. The van der Waals surface area contributed by atoms with E-state index in [1.165, 1.54) is 12.1 Å². The smallest absolute Gasteiger partial charge is 0.238 e. The number of rotatable bonds is 3. The SMILES string of the molecule is NS(=O)(=O)c1ccc(NC2CCCOC2)cc1. The molecule has 2 rings (SSSR count). The minimum Gasteiger partial charge on any atom is -0.380 e. The highest BCUT2D eigenvalue weighted by Crippen LogP contribution is 2.16. The fraction of sp³-hybridized carbons (Fsp3) is 0.455. The van der Waals surface area contributed by atoms with Gasteiger partial charge in [-0.25, -0.2) is 13.6 Å². The number of hydrogen-bond donors (Lipinski definition) is 2. The summed E-state index contributed by atoms with van der Waals surface area (Å²) in [5.74, 6) is 0. The number of hydrogen-bond acceptors (Lipinski definition) is 4. The summed E-state index contributed by atoms with van der Waals surface area (Å²) in [4.78, 5) is 0.128. The molecule has 1 saturated heterocycles. The molecule has 1 aromatic carbocycles. The molecule has 17 heavy (non-hydrogen) atoms. The first-order valence-electron chi connectivity index (χ1n) is 5.53. The lowest BCUT2D eigenvalue weighted by Gasteiger charge is -2.24. The maximum atomic E-state index is 11.1. The molecular weight excluding hydrogens is 240 g/mol. The molecule has 0 aromatic heterocycles. The fourth-order valence-electron chi connectivity index (χ4n) is 1.83. The van der Waals surface area contributed by atoms with Crippen LogP contribution in [-0.4, -0.2) is 27.7 Å². The van der Waals surface area contributed by atoms with E-state index < -0.39 is 10.0 Å². The number of anilines is 1. The van der Waals surface area contributed by atoms with E-state index >= 15 is 0 Å². The van der Waals surface area contributed by atoms with Gasteiger partial charge < -0.3 is 10.1 Å². The van der Waals surface area contributed by atoms with Crippen LogP contribution in [0.2, 0.25) is 0 Å². The third kappa shape index (κ3) is 3.42. The summed E-state index contributed by atoms with van der Waals surface area (Å²) in [7, 11) is -3.61. The van der Waals surface area contributed by atoms with Crippen LogP contribution in [0.15, 0.2) is 29.2 Å². The molecule has 0 spiro atoms. The van der Waals surface area contributed by atoms with Crippen molar-refractivity contribution in [2.45, 2.75) is 23.8 Å². The maximum Gasteiger partial charge on any atom is 0.238 e. The van der Waals surface area contributed by atoms with Crippen LogP contribution in [0, 0.1) is 0 Å². The second-order valence-electron chi connectivity index (χ2n) is 4.13. The second kappa shape index (κ2) is 5.03. The van der Waals surface area contributed by atoms with Crippen molar-refractivity contribution in [1.29, 1.82) is 0 Å². The van der Waals surface area contributed by atoms with E-state index in [2.05, 4.69) is 5.32 Å². The van der Waals surface area contributed by atoms with E-state index in [-0.39, 0.29) is 4.90 Å². The zero-order valence-corrected chi connectivity index (χ0v) is 10.2. The lowest BCUT2D eigenvalue weighted by molar-refractivity contribution is 0.0876. The Hall–Kier alpha value is -1.11. The molecule has 0 aliphatic carbocycles. The molecule has 6 heteroatoms. The summed E-state index contributed by atoms with van der Waals surface area (Å²) < 4.78 is 27.5. The molecule has 1 aliphatic heterocycles. The van der Waals surface area contributed by atoms with Gasteiger partial charge in [0.15, 0.2) is 0 Å². The number of nitrogens with one attached hydrogen (secondary N) is 1. The van der Waals surface area contributed by atoms with Crippen LogP contribution in [0.4, 0.5) is 5.69 Å². The van der Waals surface area contributed by atoms with Gasteiger partial charge >= 0.3 is 0 Å². The van der Waals surface area contributed by atoms with Gasteiger partial charge in [0, 0.05) is 18.3 Å². The van der Waals surface area contributed by atoms with E-state index in [9.17, 15) is 8.42 Å². The van der Waals surface area contributed by atoms with E-state index in [1.807, 2.05) is 0 Å². The van der Waals surface area contributed by atoms with Crippen LogP contribution >= 0.6 is 0 Å². The number of ether oxygens (including phenoxy) is 1. The summed E-state index contributed by atoms with van der Waals surface area (Å²) in [6.45, 7) is 1.51. The molecule has 94 valence electrons. The van der Waals surface area contributed by atoms with Gasteiger partial charge in [0.1, 0.15) is 0 Å². The Morgan fingerprint density at radius 2 is 2.00 bits per heavy atom. The van der Waals surface area contributed by atoms with Crippen molar-refractivity contribution >= 4 is 15.7 Å². The van der Waals surface area contributed by atoms with Crippen molar-refractivity contribution in [2.75, 3.05) is 18.5 Å². The number of benzene rings is 1. The summed E-state index contributed by atoms with van der Waals surface area (Å²) in [6.07, 6.45) is 2.11. The van der Waals surface area contributed by atoms with Crippen LogP contribution in [0.5, 0.6) is 0 Å². The molecule has 1 aliphatic rings. The first kappa shape index (κ1) is 12.3. The molecule has 0 bridgehead atoms. The number of sulfonamides is 1. The minimum absolute atomic E-state index is 0.128. The molecule has 1 unspecified atom stereocenters. The highest BCUT2D eigenvalue weighted by molar-refractivity contribution is 7.89. The lowest BCUT2D eigenvalue weighted by atomic mass is 10.1. The van der Waals surface area contributed by atoms with Crippen LogP contribution < -0.4 is 10.5 Å². The van der Waals surface area contributed by atoms with Crippen molar-refractivity contribution in [3.63, 3.8) is 0 Å². The monoisotopic (exact) mass is 256 g/mol. The maximum absolute atomic E-state index is 11.1. The Morgan fingerprint density at radius 3 is 2.53 bits per heavy atom. The van der Waals surface area contributed by atoms with Gasteiger partial charge in [-0.1, -0.05) is 0 Å². The highest BCUT2D eigenvalue weighted by atomic mass is 32.2. The van der Waals surface area contributed by atoms with E-state index in [0.717, 1.165) is 25.1 Å². The number of nitrogens with two attached hydrogens (primary N) is 1. The first-order chi connectivity index (χ1) is 8.05.